The Morgan fingerprint density at radius 1 is 1.11 bits per heavy atom. The van der Waals surface area contributed by atoms with Crippen LogP contribution in [0.2, 0.25) is 5.02 Å². The molecule has 6 heteroatoms. The molecule has 1 saturated heterocycles. The van der Waals surface area contributed by atoms with E-state index in [9.17, 15) is 9.59 Å². The van der Waals surface area contributed by atoms with Gasteiger partial charge in [-0.2, -0.15) is 0 Å². The van der Waals surface area contributed by atoms with Crippen LogP contribution in [0.25, 0.3) is 0 Å². The molecule has 0 saturated carbocycles. The van der Waals surface area contributed by atoms with Crippen LogP contribution < -0.4 is 5.32 Å². The van der Waals surface area contributed by atoms with Crippen LogP contribution in [-0.2, 0) is 19.7 Å². The van der Waals surface area contributed by atoms with E-state index in [0.717, 1.165) is 16.7 Å². The third-order valence-electron chi connectivity index (χ3n) is 5.51. The van der Waals surface area contributed by atoms with Gasteiger partial charge >= 0.3 is 5.97 Å². The van der Waals surface area contributed by atoms with Crippen molar-refractivity contribution in [2.45, 2.75) is 32.1 Å². The third-order valence-corrected chi connectivity index (χ3v) is 5.76. The van der Waals surface area contributed by atoms with E-state index < -0.39 is 11.4 Å². The minimum atomic E-state index is -0.701. The summed E-state index contributed by atoms with van der Waals surface area (Å²) in [6, 6.07) is 10.9. The first kappa shape index (κ1) is 20.4. The number of halogens is 1. The lowest BCUT2D eigenvalue weighted by atomic mass is 9.73. The Labute approximate surface area is 170 Å². The van der Waals surface area contributed by atoms with Gasteiger partial charge in [0.1, 0.15) is 0 Å². The fraction of sp³-hybridized carbons (Fsp3) is 0.364. The first-order valence-corrected chi connectivity index (χ1v) is 9.60. The second kappa shape index (κ2) is 8.33. The topological polar surface area (TPSA) is 64.6 Å². The van der Waals surface area contributed by atoms with Crippen LogP contribution in [0.4, 0.5) is 5.69 Å². The van der Waals surface area contributed by atoms with Crippen molar-refractivity contribution in [3.8, 4) is 0 Å². The van der Waals surface area contributed by atoms with Gasteiger partial charge in [-0.3, -0.25) is 4.79 Å². The molecule has 0 aliphatic carbocycles. The van der Waals surface area contributed by atoms with Crippen molar-refractivity contribution in [3.63, 3.8) is 0 Å². The summed E-state index contributed by atoms with van der Waals surface area (Å²) < 4.78 is 10.4. The quantitative estimate of drug-likeness (QED) is 0.769. The lowest BCUT2D eigenvalue weighted by Crippen LogP contribution is -2.44. The smallest absolute Gasteiger partial charge is 0.338 e. The van der Waals surface area contributed by atoms with Crippen LogP contribution >= 0.6 is 11.6 Å². The Hall–Kier alpha value is -2.37. The van der Waals surface area contributed by atoms with E-state index in [1.165, 1.54) is 7.11 Å². The van der Waals surface area contributed by atoms with E-state index in [1.54, 1.807) is 18.2 Å². The average molecular weight is 402 g/mol. The highest BCUT2D eigenvalue weighted by Gasteiger charge is 2.41. The molecule has 5 nitrogen and oxygen atoms in total. The van der Waals surface area contributed by atoms with Crippen molar-refractivity contribution in [2.75, 3.05) is 25.6 Å². The van der Waals surface area contributed by atoms with Crippen molar-refractivity contribution in [3.05, 3.63) is 63.7 Å². The normalized spacial score (nSPS) is 15.7. The SMILES string of the molecule is COC(=O)c1cc(NC(=O)C2(c3ccc(Cl)cc3)CCOCC2)cc(C)c1C. The Bertz CT molecular complexity index is 886. The molecule has 28 heavy (non-hydrogen) atoms. The van der Waals surface area contributed by atoms with Gasteiger partial charge in [-0.25, -0.2) is 4.79 Å². The Morgan fingerprint density at radius 2 is 1.75 bits per heavy atom. The summed E-state index contributed by atoms with van der Waals surface area (Å²) in [5.41, 5.74) is 2.98. The monoisotopic (exact) mass is 401 g/mol. The second-order valence-electron chi connectivity index (χ2n) is 7.11. The fourth-order valence-electron chi connectivity index (χ4n) is 3.64. The van der Waals surface area contributed by atoms with Crippen LogP contribution in [0.1, 0.15) is 39.9 Å². The van der Waals surface area contributed by atoms with E-state index in [2.05, 4.69) is 5.32 Å². The number of amides is 1. The van der Waals surface area contributed by atoms with Gasteiger partial charge in [-0.15, -0.1) is 0 Å². The number of anilines is 1. The van der Waals surface area contributed by atoms with Crippen LogP contribution in [0.5, 0.6) is 0 Å². The molecule has 1 aliphatic heterocycles. The predicted octanol–water partition coefficient (Wildman–Crippen LogP) is 4.43. The molecule has 0 bridgehead atoms. The molecule has 1 aliphatic rings. The molecular weight excluding hydrogens is 378 g/mol. The Morgan fingerprint density at radius 3 is 2.36 bits per heavy atom. The van der Waals surface area contributed by atoms with Gasteiger partial charge in [-0.05, 0) is 67.6 Å². The predicted molar refractivity (Wildman–Crippen MR) is 109 cm³/mol. The minimum Gasteiger partial charge on any atom is -0.465 e. The molecule has 1 N–H and O–H groups in total. The van der Waals surface area contributed by atoms with Gasteiger partial charge in [0.25, 0.3) is 0 Å². The highest BCUT2D eigenvalue weighted by Crippen LogP contribution is 2.37. The molecule has 0 radical (unpaired) electrons. The summed E-state index contributed by atoms with van der Waals surface area (Å²) >= 11 is 6.03. The molecule has 0 aromatic heterocycles. The Kier molecular flexibility index (Phi) is 6.06. The van der Waals surface area contributed by atoms with Crippen LogP contribution in [0, 0.1) is 13.8 Å². The van der Waals surface area contributed by atoms with Gasteiger partial charge in [0, 0.05) is 23.9 Å². The lowest BCUT2D eigenvalue weighted by Gasteiger charge is -2.36. The summed E-state index contributed by atoms with van der Waals surface area (Å²) in [6.07, 6.45) is 1.16. The standard InChI is InChI=1S/C22H24ClNO4/c1-14-12-18(13-19(15(14)2)20(25)27-3)24-21(26)22(8-10-28-11-9-22)16-4-6-17(23)7-5-16/h4-7,12-13H,8-11H2,1-3H3,(H,24,26). The molecule has 2 aromatic rings. The molecule has 2 aromatic carbocycles. The fourth-order valence-corrected chi connectivity index (χ4v) is 3.77. The zero-order valence-electron chi connectivity index (χ0n) is 16.3. The summed E-state index contributed by atoms with van der Waals surface area (Å²) in [7, 11) is 1.35. The number of carbonyl (C=O) groups is 2. The molecule has 1 heterocycles. The summed E-state index contributed by atoms with van der Waals surface area (Å²) in [6.45, 7) is 4.79. The zero-order valence-corrected chi connectivity index (χ0v) is 17.1. The molecule has 148 valence electrons. The van der Waals surface area contributed by atoms with E-state index in [-0.39, 0.29) is 5.91 Å². The number of nitrogens with one attached hydrogen (secondary N) is 1. The summed E-state index contributed by atoms with van der Waals surface area (Å²) in [5.74, 6) is -0.535. The molecule has 3 rings (SSSR count). The van der Waals surface area contributed by atoms with E-state index in [4.69, 9.17) is 21.1 Å². The highest BCUT2D eigenvalue weighted by molar-refractivity contribution is 6.30. The maximum Gasteiger partial charge on any atom is 0.338 e. The maximum absolute atomic E-state index is 13.4. The number of benzene rings is 2. The summed E-state index contributed by atoms with van der Waals surface area (Å²) in [4.78, 5) is 25.5. The number of methoxy groups -OCH3 is 1. The zero-order chi connectivity index (χ0) is 20.3. The highest BCUT2D eigenvalue weighted by atomic mass is 35.5. The van der Waals surface area contributed by atoms with Gasteiger partial charge in [0.2, 0.25) is 5.91 Å². The molecule has 1 fully saturated rings. The van der Waals surface area contributed by atoms with Gasteiger partial charge in [0.15, 0.2) is 0 Å². The lowest BCUT2D eigenvalue weighted by molar-refractivity contribution is -0.125. The molecule has 1 amide bonds. The van der Waals surface area contributed by atoms with Crippen LogP contribution in [0.3, 0.4) is 0 Å². The summed E-state index contributed by atoms with van der Waals surface area (Å²) in [5, 5.41) is 3.65. The largest absolute Gasteiger partial charge is 0.465 e. The maximum atomic E-state index is 13.4. The van der Waals surface area contributed by atoms with Crippen LogP contribution in [-0.4, -0.2) is 32.2 Å². The number of hydrogen-bond donors (Lipinski definition) is 1. The minimum absolute atomic E-state index is 0.114. The van der Waals surface area contributed by atoms with Gasteiger partial charge in [-0.1, -0.05) is 23.7 Å². The second-order valence-corrected chi connectivity index (χ2v) is 7.55. The average Bonchev–Trinajstić information content (AvgIpc) is 2.71. The van der Waals surface area contributed by atoms with E-state index in [0.29, 0.717) is 42.3 Å². The number of esters is 1. The van der Waals surface area contributed by atoms with E-state index in [1.807, 2.05) is 32.0 Å². The molecule has 0 atom stereocenters. The number of aryl methyl sites for hydroxylation is 1. The number of carbonyl (C=O) groups excluding carboxylic acids is 2. The third kappa shape index (κ3) is 3.91. The first-order valence-electron chi connectivity index (χ1n) is 9.22. The van der Waals surface area contributed by atoms with Crippen molar-refractivity contribution < 1.29 is 19.1 Å². The van der Waals surface area contributed by atoms with Crippen molar-refractivity contribution in [1.82, 2.24) is 0 Å². The number of hydrogen-bond acceptors (Lipinski definition) is 4. The van der Waals surface area contributed by atoms with Gasteiger partial charge < -0.3 is 14.8 Å². The van der Waals surface area contributed by atoms with Crippen LogP contribution in [0.15, 0.2) is 36.4 Å². The molecule has 0 spiro atoms. The van der Waals surface area contributed by atoms with Gasteiger partial charge in [0.05, 0.1) is 18.1 Å². The number of rotatable bonds is 4. The van der Waals surface area contributed by atoms with E-state index >= 15 is 0 Å². The van der Waals surface area contributed by atoms with Crippen molar-refractivity contribution >= 4 is 29.2 Å². The van der Waals surface area contributed by atoms with Crippen molar-refractivity contribution in [1.29, 1.82) is 0 Å². The number of ether oxygens (including phenoxy) is 2. The van der Waals surface area contributed by atoms with Crippen molar-refractivity contribution in [2.24, 2.45) is 0 Å². The molecule has 0 unspecified atom stereocenters. The Balaban J connectivity index is 1.96. The first-order chi connectivity index (χ1) is 13.4. The molecular formula is C22H24ClNO4.